The minimum absolute atomic E-state index is 0.0393. The third-order valence-corrected chi connectivity index (χ3v) is 6.03. The summed E-state index contributed by atoms with van der Waals surface area (Å²) in [5, 5.41) is 1.21. The van der Waals surface area contributed by atoms with Crippen molar-refractivity contribution in [2.24, 2.45) is 5.73 Å². The molecule has 1 saturated carbocycles. The summed E-state index contributed by atoms with van der Waals surface area (Å²) in [5.74, 6) is 0.388. The van der Waals surface area contributed by atoms with Crippen LogP contribution >= 0.6 is 0 Å². The summed E-state index contributed by atoms with van der Waals surface area (Å²) in [7, 11) is 0. The summed E-state index contributed by atoms with van der Waals surface area (Å²) < 4.78 is 22.7. The first-order valence-corrected chi connectivity index (χ1v) is 9.66. The molecule has 2 N–H and O–H groups in total. The molecule has 0 radical (unpaired) electrons. The number of rotatable bonds is 2. The van der Waals surface area contributed by atoms with Crippen LogP contribution in [0.25, 0.3) is 21.9 Å². The van der Waals surface area contributed by atoms with Crippen LogP contribution in [0.1, 0.15) is 44.4 Å². The molecule has 5 nitrogen and oxygen atoms in total. The van der Waals surface area contributed by atoms with E-state index in [-0.39, 0.29) is 23.0 Å². The lowest BCUT2D eigenvalue weighted by molar-refractivity contribution is 0.362. The minimum atomic E-state index is -0.278. The Morgan fingerprint density at radius 2 is 1.89 bits per heavy atom. The Bertz CT molecular complexity index is 1110. The van der Waals surface area contributed by atoms with Gasteiger partial charge in [-0.2, -0.15) is 0 Å². The molecule has 2 aromatic heterocycles. The topological polar surface area (TPSA) is 64.4 Å². The third-order valence-electron chi connectivity index (χ3n) is 6.03. The van der Waals surface area contributed by atoms with E-state index in [0.29, 0.717) is 40.9 Å². The number of aryl methyl sites for hydroxylation is 1. The number of piperidine rings is 1. The van der Waals surface area contributed by atoms with Crippen LogP contribution in [0.2, 0.25) is 0 Å². The van der Waals surface area contributed by atoms with Crippen LogP contribution in [0.3, 0.4) is 0 Å². The van der Waals surface area contributed by atoms with Gasteiger partial charge in [-0.25, -0.2) is 4.39 Å². The lowest BCUT2D eigenvalue weighted by atomic mass is 9.90. The first-order chi connectivity index (χ1) is 12.8. The van der Waals surface area contributed by atoms with E-state index in [1.54, 1.807) is 6.07 Å². The molecule has 1 aliphatic carbocycles. The third kappa shape index (κ3) is 2.65. The Morgan fingerprint density at radius 1 is 1.19 bits per heavy atom. The number of nitrogens with zero attached hydrogens (tertiary/aromatic N) is 2. The number of aromatic nitrogens is 1. The van der Waals surface area contributed by atoms with Gasteiger partial charge in [0.1, 0.15) is 17.2 Å². The fourth-order valence-electron chi connectivity index (χ4n) is 4.24. The molecular formula is C21H24FN3O2. The standard InChI is InChI=1S/C21H24FN3O2/c1-12-9-15-19(27-12)14-10-16(22)18(24-7-5-21(2,23)6-8-24)11-17(14)25(20(15)26)13-3-4-13/h9-11,13H,3-8,23H2,1-2H3. The van der Waals surface area contributed by atoms with Gasteiger partial charge in [-0.05, 0) is 57.7 Å². The molecule has 1 aromatic carbocycles. The number of pyridine rings is 1. The molecule has 2 fully saturated rings. The molecule has 0 spiro atoms. The molecule has 3 aromatic rings. The van der Waals surface area contributed by atoms with Gasteiger partial charge in [0.25, 0.3) is 5.56 Å². The average molecular weight is 369 g/mol. The average Bonchev–Trinajstić information content (AvgIpc) is 3.36. The van der Waals surface area contributed by atoms with Crippen LogP contribution in [0.15, 0.2) is 27.4 Å². The molecular weight excluding hydrogens is 345 g/mol. The molecule has 1 aliphatic heterocycles. The highest BCUT2D eigenvalue weighted by molar-refractivity contribution is 6.03. The van der Waals surface area contributed by atoms with Crippen molar-refractivity contribution in [3.8, 4) is 0 Å². The van der Waals surface area contributed by atoms with E-state index in [1.807, 2.05) is 29.4 Å². The molecule has 0 amide bonds. The first kappa shape index (κ1) is 16.8. The fourth-order valence-corrected chi connectivity index (χ4v) is 4.24. The Kier molecular flexibility index (Phi) is 3.47. The fraction of sp³-hybridized carbons (Fsp3) is 0.476. The zero-order valence-electron chi connectivity index (χ0n) is 15.7. The molecule has 27 heavy (non-hydrogen) atoms. The van der Waals surface area contributed by atoms with E-state index < -0.39 is 0 Å². The quantitative estimate of drug-likeness (QED) is 0.745. The van der Waals surface area contributed by atoms with E-state index in [1.165, 1.54) is 6.07 Å². The lowest BCUT2D eigenvalue weighted by Crippen LogP contribution is -2.48. The van der Waals surface area contributed by atoms with Gasteiger partial charge in [0.15, 0.2) is 0 Å². The van der Waals surface area contributed by atoms with E-state index in [4.69, 9.17) is 10.2 Å². The number of nitrogens with two attached hydrogens (primary N) is 1. The highest BCUT2D eigenvalue weighted by atomic mass is 19.1. The van der Waals surface area contributed by atoms with Gasteiger partial charge >= 0.3 is 0 Å². The second kappa shape index (κ2) is 5.58. The van der Waals surface area contributed by atoms with Gasteiger partial charge in [-0.15, -0.1) is 0 Å². The van der Waals surface area contributed by atoms with Crippen molar-refractivity contribution in [2.45, 2.75) is 51.1 Å². The summed E-state index contributed by atoms with van der Waals surface area (Å²) in [5.41, 5.74) is 7.79. The van der Waals surface area contributed by atoms with E-state index in [0.717, 1.165) is 31.2 Å². The summed E-state index contributed by atoms with van der Waals surface area (Å²) in [6, 6.07) is 5.33. The number of furan rings is 1. The maximum atomic E-state index is 15.1. The zero-order valence-corrected chi connectivity index (χ0v) is 15.7. The summed E-state index contributed by atoms with van der Waals surface area (Å²) in [6.07, 6.45) is 3.60. The molecule has 6 heteroatoms. The number of hydrogen-bond acceptors (Lipinski definition) is 4. The van der Waals surface area contributed by atoms with Gasteiger partial charge < -0.3 is 19.6 Å². The Labute approximate surface area is 156 Å². The SMILES string of the molecule is Cc1cc2c(=O)n(C3CC3)c3cc(N4CCC(C)(N)CC4)c(F)cc3c2o1. The molecule has 0 atom stereocenters. The van der Waals surface area contributed by atoms with Crippen molar-refractivity contribution < 1.29 is 8.81 Å². The largest absolute Gasteiger partial charge is 0.460 e. The molecule has 142 valence electrons. The molecule has 2 aliphatic rings. The number of anilines is 1. The van der Waals surface area contributed by atoms with Crippen molar-refractivity contribution in [1.82, 2.24) is 4.57 Å². The molecule has 5 rings (SSSR count). The van der Waals surface area contributed by atoms with Crippen molar-refractivity contribution >= 4 is 27.6 Å². The number of hydrogen-bond donors (Lipinski definition) is 1. The Balaban J connectivity index is 1.74. The van der Waals surface area contributed by atoms with Crippen LogP contribution in [0, 0.1) is 12.7 Å². The smallest absolute Gasteiger partial charge is 0.262 e. The number of fused-ring (bicyclic) bond motifs is 3. The first-order valence-electron chi connectivity index (χ1n) is 9.66. The van der Waals surface area contributed by atoms with E-state index in [2.05, 4.69) is 0 Å². The predicted octanol–water partition coefficient (Wildman–Crippen LogP) is 3.85. The Morgan fingerprint density at radius 3 is 2.56 bits per heavy atom. The van der Waals surface area contributed by atoms with Gasteiger partial charge in [-0.3, -0.25) is 4.79 Å². The van der Waals surface area contributed by atoms with E-state index in [9.17, 15) is 4.79 Å². The monoisotopic (exact) mass is 369 g/mol. The maximum Gasteiger partial charge on any atom is 0.262 e. The second-order valence-electron chi connectivity index (χ2n) is 8.47. The van der Waals surface area contributed by atoms with Crippen LogP contribution in [0.5, 0.6) is 0 Å². The summed E-state index contributed by atoms with van der Waals surface area (Å²) in [4.78, 5) is 15.1. The van der Waals surface area contributed by atoms with Crippen LogP contribution in [-0.2, 0) is 0 Å². The van der Waals surface area contributed by atoms with E-state index >= 15 is 4.39 Å². The maximum absolute atomic E-state index is 15.1. The molecule has 1 saturated heterocycles. The van der Waals surface area contributed by atoms with Crippen LogP contribution in [-0.4, -0.2) is 23.2 Å². The number of benzene rings is 1. The normalized spacial score (nSPS) is 19.9. The summed E-state index contributed by atoms with van der Waals surface area (Å²) in [6.45, 7) is 5.28. The molecule has 0 unspecified atom stereocenters. The zero-order chi connectivity index (χ0) is 18.9. The molecule has 0 bridgehead atoms. The van der Waals surface area contributed by atoms with Gasteiger partial charge in [0, 0.05) is 30.1 Å². The van der Waals surface area contributed by atoms with Gasteiger partial charge in [0.05, 0.1) is 16.6 Å². The second-order valence-corrected chi connectivity index (χ2v) is 8.47. The molecule has 3 heterocycles. The van der Waals surface area contributed by atoms with Crippen molar-refractivity contribution in [3.05, 3.63) is 40.1 Å². The van der Waals surface area contributed by atoms with Crippen LogP contribution in [0.4, 0.5) is 10.1 Å². The van der Waals surface area contributed by atoms with Gasteiger partial charge in [-0.1, -0.05) is 0 Å². The number of halogens is 1. The minimum Gasteiger partial charge on any atom is -0.460 e. The highest BCUT2D eigenvalue weighted by Gasteiger charge is 2.31. The van der Waals surface area contributed by atoms with Crippen LogP contribution < -0.4 is 16.2 Å². The summed E-state index contributed by atoms with van der Waals surface area (Å²) >= 11 is 0. The lowest BCUT2D eigenvalue weighted by Gasteiger charge is -2.38. The predicted molar refractivity (Wildman–Crippen MR) is 105 cm³/mol. The Hall–Kier alpha value is -2.34. The highest BCUT2D eigenvalue weighted by Crippen LogP contribution is 2.40. The van der Waals surface area contributed by atoms with Gasteiger partial charge in [0.2, 0.25) is 0 Å². The van der Waals surface area contributed by atoms with Crippen molar-refractivity contribution in [3.63, 3.8) is 0 Å². The van der Waals surface area contributed by atoms with Crippen molar-refractivity contribution in [2.75, 3.05) is 18.0 Å². The van der Waals surface area contributed by atoms with Crippen molar-refractivity contribution in [1.29, 1.82) is 0 Å².